The van der Waals surface area contributed by atoms with E-state index in [1.807, 2.05) is 0 Å². The average Bonchev–Trinajstić information content (AvgIpc) is 3.00. The Morgan fingerprint density at radius 1 is 1.44 bits per heavy atom. The second-order valence-corrected chi connectivity index (χ2v) is 6.22. The van der Waals surface area contributed by atoms with Crippen molar-refractivity contribution in [3.63, 3.8) is 0 Å². The second-order valence-electron chi connectivity index (χ2n) is 5.37. The van der Waals surface area contributed by atoms with Gasteiger partial charge in [0.05, 0.1) is 17.8 Å². The zero-order chi connectivity index (χ0) is 12.5. The Labute approximate surface area is 116 Å². The third-order valence-corrected chi connectivity index (χ3v) is 4.86. The maximum Gasteiger partial charge on any atom is 0.232 e. The highest BCUT2D eigenvalue weighted by molar-refractivity contribution is 9.10. The molecule has 0 amide bonds. The summed E-state index contributed by atoms with van der Waals surface area (Å²) in [6.45, 7) is 0.992. The van der Waals surface area contributed by atoms with Gasteiger partial charge < -0.3 is 10.1 Å². The van der Waals surface area contributed by atoms with E-state index in [1.165, 1.54) is 25.7 Å². The highest BCUT2D eigenvalue weighted by atomic mass is 79.9. The van der Waals surface area contributed by atoms with Crippen LogP contribution in [0.1, 0.15) is 25.7 Å². The molecule has 2 bridgehead atoms. The van der Waals surface area contributed by atoms with Crippen LogP contribution in [0, 0.1) is 17.8 Å². The van der Waals surface area contributed by atoms with Crippen LogP contribution in [0.3, 0.4) is 0 Å². The van der Waals surface area contributed by atoms with Crippen LogP contribution in [0.15, 0.2) is 10.7 Å². The van der Waals surface area contributed by atoms with Crippen molar-refractivity contribution in [2.24, 2.45) is 17.8 Å². The molecule has 2 aliphatic rings. The van der Waals surface area contributed by atoms with Gasteiger partial charge in [-0.25, -0.2) is 4.98 Å². The lowest BCUT2D eigenvalue weighted by atomic mass is 9.89. The van der Waals surface area contributed by atoms with Gasteiger partial charge in [-0.3, -0.25) is 0 Å². The number of ether oxygens (including phenoxy) is 1. The number of nitrogens with one attached hydrogen (secondary N) is 1. The zero-order valence-corrected chi connectivity index (χ0v) is 12.1. The predicted octanol–water partition coefficient (Wildman–Crippen LogP) is 3.10. The third-order valence-electron chi connectivity index (χ3n) is 4.31. The second kappa shape index (κ2) is 5.03. The van der Waals surface area contributed by atoms with Gasteiger partial charge in [-0.2, -0.15) is 4.98 Å². The summed E-state index contributed by atoms with van der Waals surface area (Å²) >= 11 is 3.36. The van der Waals surface area contributed by atoms with Crippen molar-refractivity contribution >= 4 is 21.9 Å². The van der Waals surface area contributed by atoms with Crippen molar-refractivity contribution < 1.29 is 4.74 Å². The molecule has 0 aromatic carbocycles. The molecule has 0 saturated heterocycles. The van der Waals surface area contributed by atoms with Gasteiger partial charge in [-0.15, -0.1) is 0 Å². The molecule has 1 aromatic rings. The van der Waals surface area contributed by atoms with Gasteiger partial charge >= 0.3 is 0 Å². The molecule has 1 N–H and O–H groups in total. The Hall–Kier alpha value is -0.840. The number of aromatic nitrogens is 2. The first-order valence-corrected chi connectivity index (χ1v) is 7.36. The topological polar surface area (TPSA) is 47.0 Å². The molecule has 1 heterocycles. The number of methoxy groups -OCH3 is 1. The van der Waals surface area contributed by atoms with Crippen LogP contribution in [-0.2, 0) is 0 Å². The van der Waals surface area contributed by atoms with Gasteiger partial charge in [0.25, 0.3) is 0 Å². The summed E-state index contributed by atoms with van der Waals surface area (Å²) in [6, 6.07) is 0. The highest BCUT2D eigenvalue weighted by Gasteiger charge is 2.39. The smallest absolute Gasteiger partial charge is 0.232 e. The maximum atomic E-state index is 5.17. The maximum absolute atomic E-state index is 5.17. The monoisotopic (exact) mass is 311 g/mol. The van der Waals surface area contributed by atoms with E-state index in [1.54, 1.807) is 13.3 Å². The third kappa shape index (κ3) is 2.32. The fourth-order valence-corrected chi connectivity index (χ4v) is 3.78. The van der Waals surface area contributed by atoms with E-state index in [4.69, 9.17) is 4.74 Å². The fourth-order valence-electron chi connectivity index (χ4n) is 3.43. The largest absolute Gasteiger partial charge is 0.480 e. The van der Waals surface area contributed by atoms with Gasteiger partial charge in [0.15, 0.2) is 0 Å². The summed E-state index contributed by atoms with van der Waals surface area (Å²) in [7, 11) is 1.62. The van der Waals surface area contributed by atoms with Crippen molar-refractivity contribution in [2.75, 3.05) is 19.0 Å². The number of halogens is 1. The predicted molar refractivity (Wildman–Crippen MR) is 73.7 cm³/mol. The summed E-state index contributed by atoms with van der Waals surface area (Å²) in [5.74, 6) is 3.97. The van der Waals surface area contributed by atoms with Crippen LogP contribution >= 0.6 is 15.9 Å². The number of hydrogen-bond acceptors (Lipinski definition) is 4. The van der Waals surface area contributed by atoms with E-state index in [-0.39, 0.29) is 0 Å². The summed E-state index contributed by atoms with van der Waals surface area (Å²) in [5.41, 5.74) is 0. The summed E-state index contributed by atoms with van der Waals surface area (Å²) < 4.78 is 5.96. The Bertz CT molecular complexity index is 440. The molecule has 2 fully saturated rings. The van der Waals surface area contributed by atoms with Crippen molar-refractivity contribution in [1.82, 2.24) is 9.97 Å². The van der Waals surface area contributed by atoms with Crippen molar-refractivity contribution in [3.8, 4) is 5.88 Å². The van der Waals surface area contributed by atoms with Crippen LogP contribution < -0.4 is 10.1 Å². The summed E-state index contributed by atoms with van der Waals surface area (Å²) in [4.78, 5) is 8.58. The number of rotatable bonds is 4. The van der Waals surface area contributed by atoms with E-state index in [0.29, 0.717) is 11.8 Å². The average molecular weight is 312 g/mol. The van der Waals surface area contributed by atoms with Crippen LogP contribution in [0.4, 0.5) is 5.95 Å². The molecule has 0 aliphatic heterocycles. The minimum atomic E-state index is 0.584. The standard InChI is InChI=1S/C13H18BrN3O/c1-18-12-11(14)7-16-13(17-12)15-6-10-5-8-2-3-9(10)4-8/h7-10H,2-6H2,1H3,(H,15,16,17). The van der Waals surface area contributed by atoms with E-state index < -0.39 is 0 Å². The molecule has 4 nitrogen and oxygen atoms in total. The molecule has 98 valence electrons. The van der Waals surface area contributed by atoms with Crippen LogP contribution in [0.5, 0.6) is 5.88 Å². The molecule has 3 atom stereocenters. The number of anilines is 1. The van der Waals surface area contributed by atoms with Crippen molar-refractivity contribution in [2.45, 2.75) is 25.7 Å². The van der Waals surface area contributed by atoms with Gasteiger partial charge in [-0.05, 0) is 52.9 Å². The van der Waals surface area contributed by atoms with E-state index in [0.717, 1.165) is 28.8 Å². The quantitative estimate of drug-likeness (QED) is 0.928. The Kier molecular flexibility index (Phi) is 3.41. The molecule has 5 heteroatoms. The molecular weight excluding hydrogens is 294 g/mol. The van der Waals surface area contributed by atoms with E-state index >= 15 is 0 Å². The summed E-state index contributed by atoms with van der Waals surface area (Å²) in [6.07, 6.45) is 7.42. The highest BCUT2D eigenvalue weighted by Crippen LogP contribution is 2.48. The van der Waals surface area contributed by atoms with Crippen LogP contribution in [0.2, 0.25) is 0 Å². The Morgan fingerprint density at radius 2 is 2.33 bits per heavy atom. The van der Waals surface area contributed by atoms with Gasteiger partial charge in [0.1, 0.15) is 0 Å². The van der Waals surface area contributed by atoms with Gasteiger partial charge in [0, 0.05) is 6.54 Å². The molecule has 0 spiro atoms. The lowest BCUT2D eigenvalue weighted by molar-refractivity contribution is 0.347. The molecule has 0 radical (unpaired) electrons. The first-order valence-electron chi connectivity index (χ1n) is 6.56. The molecule has 18 heavy (non-hydrogen) atoms. The minimum Gasteiger partial charge on any atom is -0.480 e. The molecule has 3 unspecified atom stereocenters. The SMILES string of the molecule is COc1nc(NCC2CC3CCC2C3)ncc1Br. The normalized spacial score (nSPS) is 29.6. The number of hydrogen-bond donors (Lipinski definition) is 1. The first-order chi connectivity index (χ1) is 8.76. The minimum absolute atomic E-state index is 0.584. The zero-order valence-electron chi connectivity index (χ0n) is 10.5. The van der Waals surface area contributed by atoms with E-state index in [2.05, 4.69) is 31.2 Å². The Morgan fingerprint density at radius 3 is 3.00 bits per heavy atom. The van der Waals surface area contributed by atoms with Crippen molar-refractivity contribution in [3.05, 3.63) is 10.7 Å². The lowest BCUT2D eigenvalue weighted by Crippen LogP contribution is -2.21. The van der Waals surface area contributed by atoms with Crippen LogP contribution in [-0.4, -0.2) is 23.6 Å². The van der Waals surface area contributed by atoms with Gasteiger partial charge in [-0.1, -0.05) is 6.42 Å². The van der Waals surface area contributed by atoms with Gasteiger partial charge in [0.2, 0.25) is 11.8 Å². The van der Waals surface area contributed by atoms with E-state index in [9.17, 15) is 0 Å². The van der Waals surface area contributed by atoms with Crippen molar-refractivity contribution in [1.29, 1.82) is 0 Å². The number of nitrogens with zero attached hydrogens (tertiary/aromatic N) is 2. The molecular formula is C13H18BrN3O. The first kappa shape index (κ1) is 12.2. The summed E-state index contributed by atoms with van der Waals surface area (Å²) in [5, 5.41) is 3.35. The fraction of sp³-hybridized carbons (Fsp3) is 0.692. The van der Waals surface area contributed by atoms with Crippen LogP contribution in [0.25, 0.3) is 0 Å². The molecule has 2 aliphatic carbocycles. The number of fused-ring (bicyclic) bond motifs is 2. The molecule has 1 aromatic heterocycles. The molecule has 3 rings (SSSR count). The Balaban J connectivity index is 1.60. The molecule has 2 saturated carbocycles. The lowest BCUT2D eigenvalue weighted by Gasteiger charge is -2.21.